The molecule has 1 fully saturated rings. The van der Waals surface area contributed by atoms with Gasteiger partial charge in [0.25, 0.3) is 11.5 Å². The zero-order valence-corrected chi connectivity index (χ0v) is 17.8. The number of amides is 3. The predicted molar refractivity (Wildman–Crippen MR) is 123 cm³/mol. The molecule has 0 atom stereocenters. The van der Waals surface area contributed by atoms with Crippen LogP contribution in [0.4, 0.5) is 16.2 Å². The van der Waals surface area contributed by atoms with Gasteiger partial charge in [-0.1, -0.05) is 12.8 Å². The van der Waals surface area contributed by atoms with Gasteiger partial charge in [-0.25, -0.2) is 9.78 Å². The van der Waals surface area contributed by atoms with Gasteiger partial charge in [0.05, 0.1) is 10.9 Å². The number of anilines is 2. The first-order chi connectivity index (χ1) is 15.6. The van der Waals surface area contributed by atoms with Crippen molar-refractivity contribution in [3.63, 3.8) is 0 Å². The van der Waals surface area contributed by atoms with Gasteiger partial charge in [0.1, 0.15) is 5.82 Å². The fourth-order valence-electron chi connectivity index (χ4n) is 4.38. The highest BCUT2D eigenvalue weighted by Crippen LogP contribution is 2.21. The van der Waals surface area contributed by atoms with E-state index in [4.69, 9.17) is 4.98 Å². The smallest absolute Gasteiger partial charge is 0.321 e. The van der Waals surface area contributed by atoms with Crippen LogP contribution in [-0.2, 0) is 13.0 Å². The van der Waals surface area contributed by atoms with E-state index in [0.29, 0.717) is 41.8 Å². The number of benzene rings is 2. The van der Waals surface area contributed by atoms with Crippen molar-refractivity contribution >= 4 is 34.2 Å². The van der Waals surface area contributed by atoms with Gasteiger partial charge in [0, 0.05) is 43.0 Å². The van der Waals surface area contributed by atoms with Gasteiger partial charge in [0.15, 0.2) is 0 Å². The largest absolute Gasteiger partial charge is 0.336 e. The van der Waals surface area contributed by atoms with Gasteiger partial charge in [-0.05, 0) is 55.3 Å². The molecule has 0 bridgehead atoms. The van der Waals surface area contributed by atoms with Gasteiger partial charge in [-0.2, -0.15) is 0 Å². The summed E-state index contributed by atoms with van der Waals surface area (Å²) in [7, 11) is 0. The van der Waals surface area contributed by atoms with Crippen LogP contribution in [0.2, 0.25) is 0 Å². The molecule has 1 saturated heterocycles. The maximum Gasteiger partial charge on any atom is 0.321 e. The Hall–Kier alpha value is -3.68. The molecule has 164 valence electrons. The summed E-state index contributed by atoms with van der Waals surface area (Å²) in [6.45, 7) is 1.95. The highest BCUT2D eigenvalue weighted by molar-refractivity contribution is 6.06. The summed E-state index contributed by atoms with van der Waals surface area (Å²) in [6, 6.07) is 12.1. The van der Waals surface area contributed by atoms with Crippen molar-refractivity contribution in [2.75, 3.05) is 23.3 Å². The van der Waals surface area contributed by atoms with Crippen LogP contribution in [-0.4, -0.2) is 34.6 Å². The fraction of sp³-hybridized carbons (Fsp3) is 0.333. The second-order valence-corrected chi connectivity index (χ2v) is 8.27. The molecule has 8 nitrogen and oxygen atoms in total. The summed E-state index contributed by atoms with van der Waals surface area (Å²) in [6.07, 6.45) is 5.07. The Balaban J connectivity index is 1.38. The quantitative estimate of drug-likeness (QED) is 0.665. The molecule has 3 heterocycles. The first kappa shape index (κ1) is 20.2. The van der Waals surface area contributed by atoms with Crippen LogP contribution in [0.25, 0.3) is 10.9 Å². The van der Waals surface area contributed by atoms with E-state index in [1.54, 1.807) is 51.9 Å². The molecule has 0 saturated carbocycles. The van der Waals surface area contributed by atoms with Crippen molar-refractivity contribution in [2.45, 2.75) is 38.6 Å². The SMILES string of the molecule is O=C(Nc1ccc(N2CCNC2=O)cc1)c1ccc2c(=O)n3c(nc2c1)CCCCCC3. The van der Waals surface area contributed by atoms with Crippen LogP contribution in [0.15, 0.2) is 47.3 Å². The third kappa shape index (κ3) is 3.84. The number of fused-ring (bicyclic) bond motifs is 2. The Morgan fingerprint density at radius 3 is 2.56 bits per heavy atom. The molecule has 0 radical (unpaired) electrons. The Labute approximate surface area is 185 Å². The molecule has 32 heavy (non-hydrogen) atoms. The normalized spacial score (nSPS) is 16.2. The fourth-order valence-corrected chi connectivity index (χ4v) is 4.38. The Kier molecular flexibility index (Phi) is 5.34. The number of nitrogens with zero attached hydrogens (tertiary/aromatic N) is 3. The molecular weight excluding hydrogens is 406 g/mol. The van der Waals surface area contributed by atoms with Crippen LogP contribution in [0, 0.1) is 0 Å². The maximum atomic E-state index is 13.0. The minimum atomic E-state index is -0.271. The summed E-state index contributed by atoms with van der Waals surface area (Å²) in [4.78, 5) is 44.0. The molecule has 0 unspecified atom stereocenters. The summed E-state index contributed by atoms with van der Waals surface area (Å²) < 4.78 is 1.80. The lowest BCUT2D eigenvalue weighted by Crippen LogP contribution is -2.27. The molecule has 2 aliphatic heterocycles. The van der Waals surface area contributed by atoms with Gasteiger partial charge in [-0.15, -0.1) is 0 Å². The molecule has 3 amide bonds. The molecule has 5 rings (SSSR count). The van der Waals surface area contributed by atoms with Gasteiger partial charge in [-0.3, -0.25) is 19.1 Å². The Morgan fingerprint density at radius 1 is 0.969 bits per heavy atom. The van der Waals surface area contributed by atoms with Crippen molar-refractivity contribution in [1.82, 2.24) is 14.9 Å². The van der Waals surface area contributed by atoms with Crippen LogP contribution < -0.4 is 21.1 Å². The van der Waals surface area contributed by atoms with Crippen LogP contribution >= 0.6 is 0 Å². The average Bonchev–Trinajstić information content (AvgIpc) is 3.21. The Bertz CT molecular complexity index is 1250. The first-order valence-corrected chi connectivity index (χ1v) is 11.1. The first-order valence-electron chi connectivity index (χ1n) is 11.1. The zero-order valence-electron chi connectivity index (χ0n) is 17.8. The van der Waals surface area contributed by atoms with E-state index < -0.39 is 0 Å². The summed E-state index contributed by atoms with van der Waals surface area (Å²) in [5, 5.41) is 6.19. The number of carbonyl (C=O) groups excluding carboxylic acids is 2. The van der Waals surface area contributed by atoms with Crippen molar-refractivity contribution in [2.24, 2.45) is 0 Å². The van der Waals surface area contributed by atoms with E-state index in [1.807, 2.05) is 0 Å². The van der Waals surface area contributed by atoms with Gasteiger partial charge < -0.3 is 10.6 Å². The second kappa shape index (κ2) is 8.45. The third-order valence-corrected chi connectivity index (χ3v) is 6.12. The number of hydrogen-bond donors (Lipinski definition) is 2. The topological polar surface area (TPSA) is 96.3 Å². The van der Waals surface area contributed by atoms with E-state index in [9.17, 15) is 14.4 Å². The molecule has 0 spiro atoms. The minimum absolute atomic E-state index is 0.0274. The lowest BCUT2D eigenvalue weighted by Gasteiger charge is -2.16. The Morgan fingerprint density at radius 2 is 1.78 bits per heavy atom. The van der Waals surface area contributed by atoms with Crippen LogP contribution in [0.3, 0.4) is 0 Å². The molecular formula is C24H25N5O3. The van der Waals surface area contributed by atoms with Crippen molar-refractivity contribution < 1.29 is 9.59 Å². The van der Waals surface area contributed by atoms with E-state index in [1.165, 1.54) is 0 Å². The van der Waals surface area contributed by atoms with Crippen molar-refractivity contribution in [3.05, 3.63) is 64.2 Å². The monoisotopic (exact) mass is 431 g/mol. The molecule has 8 heteroatoms. The number of nitrogens with one attached hydrogen (secondary N) is 2. The second-order valence-electron chi connectivity index (χ2n) is 8.27. The predicted octanol–water partition coefficient (Wildman–Crippen LogP) is 3.29. The lowest BCUT2D eigenvalue weighted by molar-refractivity contribution is 0.102. The number of hydrogen-bond acceptors (Lipinski definition) is 4. The highest BCUT2D eigenvalue weighted by atomic mass is 16.2. The summed E-state index contributed by atoms with van der Waals surface area (Å²) in [5.74, 6) is 0.536. The third-order valence-electron chi connectivity index (χ3n) is 6.12. The zero-order chi connectivity index (χ0) is 22.1. The molecule has 0 aliphatic carbocycles. The molecule has 3 aromatic rings. The van der Waals surface area contributed by atoms with Crippen LogP contribution in [0.1, 0.15) is 41.9 Å². The number of rotatable bonds is 3. The van der Waals surface area contributed by atoms with E-state index >= 15 is 0 Å². The van der Waals surface area contributed by atoms with Gasteiger partial charge in [0.2, 0.25) is 0 Å². The van der Waals surface area contributed by atoms with Crippen molar-refractivity contribution in [3.8, 4) is 0 Å². The number of urea groups is 1. The molecule has 2 aliphatic rings. The number of carbonyl (C=O) groups is 2. The standard InChI is InChI=1S/C24H25N5O3/c30-22(26-17-7-9-18(10-8-17)28-14-12-25-24(28)32)16-6-11-19-20(15-16)27-21-5-3-1-2-4-13-29(21)23(19)31/h6-11,15H,1-5,12-14H2,(H,25,32)(H,26,30). The van der Waals surface area contributed by atoms with E-state index in [2.05, 4.69) is 10.6 Å². The molecule has 2 aromatic carbocycles. The highest BCUT2D eigenvalue weighted by Gasteiger charge is 2.21. The molecule has 1 aromatic heterocycles. The van der Waals surface area contributed by atoms with E-state index in [0.717, 1.165) is 43.6 Å². The number of aryl methyl sites for hydroxylation is 1. The summed E-state index contributed by atoms with van der Waals surface area (Å²) in [5.41, 5.74) is 2.39. The summed E-state index contributed by atoms with van der Waals surface area (Å²) >= 11 is 0. The van der Waals surface area contributed by atoms with Crippen molar-refractivity contribution in [1.29, 1.82) is 0 Å². The van der Waals surface area contributed by atoms with Crippen LogP contribution in [0.5, 0.6) is 0 Å². The lowest BCUT2D eigenvalue weighted by atomic mass is 10.1. The maximum absolute atomic E-state index is 13.0. The number of aromatic nitrogens is 2. The minimum Gasteiger partial charge on any atom is -0.336 e. The average molecular weight is 431 g/mol. The van der Waals surface area contributed by atoms with Gasteiger partial charge >= 0.3 is 6.03 Å². The molecule has 2 N–H and O–H groups in total. The van der Waals surface area contributed by atoms with E-state index in [-0.39, 0.29) is 17.5 Å².